The molecule has 2 aromatic heterocycles. The lowest BCUT2D eigenvalue weighted by Gasteiger charge is -2.11. The molecule has 3 rings (SSSR count). The summed E-state index contributed by atoms with van der Waals surface area (Å²) in [4.78, 5) is 17.0. The quantitative estimate of drug-likeness (QED) is 0.622. The average Bonchev–Trinajstić information content (AvgIpc) is 3.21. The summed E-state index contributed by atoms with van der Waals surface area (Å²) in [5.74, 6) is 1.14. The van der Waals surface area contributed by atoms with E-state index in [1.807, 2.05) is 42.5 Å². The van der Waals surface area contributed by atoms with E-state index in [-0.39, 0.29) is 11.2 Å². The molecule has 0 bridgehead atoms. The third kappa shape index (κ3) is 4.46. The molecule has 0 aliphatic heterocycles. The Bertz CT molecular complexity index is 820. The van der Waals surface area contributed by atoms with Crippen LogP contribution in [0.2, 0.25) is 0 Å². The summed E-state index contributed by atoms with van der Waals surface area (Å²) < 4.78 is 6.28. The van der Waals surface area contributed by atoms with Gasteiger partial charge in [0.1, 0.15) is 0 Å². The van der Waals surface area contributed by atoms with Crippen molar-refractivity contribution in [2.24, 2.45) is 5.73 Å². The monoisotopic (exact) mass is 423 g/mol. The molecule has 0 spiro atoms. The zero-order chi connectivity index (χ0) is 16.9. The molecule has 24 heavy (non-hydrogen) atoms. The second-order valence-corrected chi connectivity index (χ2v) is 8.66. The fourth-order valence-electron chi connectivity index (χ4n) is 2.09. The maximum absolute atomic E-state index is 11.7. The molecule has 0 aliphatic rings. The number of rotatable bonds is 7. The van der Waals surface area contributed by atoms with Crippen LogP contribution < -0.4 is 5.73 Å². The molecule has 0 aliphatic carbocycles. The van der Waals surface area contributed by atoms with Crippen LogP contribution in [0.1, 0.15) is 11.5 Å². The van der Waals surface area contributed by atoms with Crippen molar-refractivity contribution in [2.45, 2.75) is 17.4 Å². The lowest BCUT2D eigenvalue weighted by atomic mass is 10.1. The Morgan fingerprint density at radius 3 is 2.75 bits per heavy atom. The zero-order valence-corrected chi connectivity index (χ0v) is 15.7. The summed E-state index contributed by atoms with van der Waals surface area (Å²) in [7, 11) is 0. The molecule has 0 fully saturated rings. The van der Waals surface area contributed by atoms with Gasteiger partial charge in [0.25, 0.3) is 0 Å². The number of hydrogen-bond donors (Lipinski definition) is 1. The minimum absolute atomic E-state index is 0.335. The van der Waals surface area contributed by atoms with Gasteiger partial charge in [-0.3, -0.25) is 4.79 Å². The van der Waals surface area contributed by atoms with Crippen molar-refractivity contribution in [3.63, 3.8) is 0 Å². The first-order valence-corrected chi connectivity index (χ1v) is 9.81. The van der Waals surface area contributed by atoms with Gasteiger partial charge in [0.05, 0.1) is 19.7 Å². The number of nitrogens with zero attached hydrogens (tertiary/aromatic N) is 2. The Hall–Kier alpha value is -1.64. The molecule has 1 atom stereocenters. The van der Waals surface area contributed by atoms with Crippen molar-refractivity contribution in [3.05, 3.63) is 57.7 Å². The average molecular weight is 424 g/mol. The van der Waals surface area contributed by atoms with Gasteiger partial charge in [0, 0.05) is 0 Å². The van der Waals surface area contributed by atoms with Gasteiger partial charge in [-0.05, 0) is 40.0 Å². The number of primary amides is 1. The topological polar surface area (TPSA) is 82.0 Å². The molecular weight excluding hydrogens is 410 g/mol. The van der Waals surface area contributed by atoms with E-state index >= 15 is 0 Å². The Balaban J connectivity index is 1.63. The van der Waals surface area contributed by atoms with E-state index in [1.165, 1.54) is 23.1 Å². The lowest BCUT2D eigenvalue weighted by Crippen LogP contribution is -2.27. The summed E-state index contributed by atoms with van der Waals surface area (Å²) in [5, 5.41) is 3.65. The van der Waals surface area contributed by atoms with Gasteiger partial charge in [0.2, 0.25) is 17.6 Å². The van der Waals surface area contributed by atoms with Crippen LogP contribution >= 0.6 is 39.0 Å². The van der Waals surface area contributed by atoms with E-state index in [1.54, 1.807) is 0 Å². The first kappa shape index (κ1) is 17.2. The van der Waals surface area contributed by atoms with Crippen molar-refractivity contribution >= 4 is 44.9 Å². The van der Waals surface area contributed by atoms with Gasteiger partial charge in [-0.25, -0.2) is 0 Å². The first-order valence-electron chi connectivity index (χ1n) is 7.15. The largest absolute Gasteiger partial charge is 0.369 e. The molecule has 3 aromatic rings. The molecule has 8 heteroatoms. The number of carbonyl (C=O) groups is 1. The van der Waals surface area contributed by atoms with Crippen LogP contribution in [0.5, 0.6) is 0 Å². The minimum atomic E-state index is -0.342. The highest BCUT2D eigenvalue weighted by Crippen LogP contribution is 2.30. The first-order chi connectivity index (χ1) is 11.6. The minimum Gasteiger partial charge on any atom is -0.369 e. The van der Waals surface area contributed by atoms with E-state index in [0.29, 0.717) is 23.9 Å². The molecule has 1 unspecified atom stereocenters. The van der Waals surface area contributed by atoms with E-state index in [4.69, 9.17) is 10.3 Å². The number of carbonyl (C=O) groups excluding carboxylic acids is 1. The molecule has 1 aromatic carbocycles. The third-order valence-electron chi connectivity index (χ3n) is 3.25. The summed E-state index contributed by atoms with van der Waals surface area (Å²) in [6.45, 7) is 0. The molecule has 5 nitrogen and oxygen atoms in total. The van der Waals surface area contributed by atoms with E-state index < -0.39 is 0 Å². The van der Waals surface area contributed by atoms with Gasteiger partial charge >= 0.3 is 0 Å². The van der Waals surface area contributed by atoms with Crippen LogP contribution in [0, 0.1) is 0 Å². The van der Waals surface area contributed by atoms with Crippen molar-refractivity contribution in [3.8, 4) is 10.7 Å². The summed E-state index contributed by atoms with van der Waals surface area (Å²) in [6.07, 6.45) is 0.583. The van der Waals surface area contributed by atoms with Crippen LogP contribution in [0.15, 0.2) is 50.8 Å². The molecule has 0 saturated heterocycles. The lowest BCUT2D eigenvalue weighted by molar-refractivity contribution is -0.117. The summed E-state index contributed by atoms with van der Waals surface area (Å²) in [5.41, 5.74) is 6.59. The third-order valence-corrected chi connectivity index (χ3v) is 6.09. The second kappa shape index (κ2) is 7.96. The Labute approximate surface area is 155 Å². The number of halogens is 1. The number of hydrogen-bond acceptors (Lipinski definition) is 6. The summed E-state index contributed by atoms with van der Waals surface area (Å²) >= 11 is 6.36. The number of thioether (sulfide) groups is 1. The maximum Gasteiger partial charge on any atom is 0.237 e. The van der Waals surface area contributed by atoms with Crippen molar-refractivity contribution < 1.29 is 9.32 Å². The SMILES string of the molecule is NC(=O)C(Cc1ccccc1)SCc1nc(-c2ccc(Br)s2)no1. The number of amides is 1. The number of aromatic nitrogens is 2. The van der Waals surface area contributed by atoms with Gasteiger partial charge < -0.3 is 10.3 Å². The van der Waals surface area contributed by atoms with Crippen LogP contribution in [-0.2, 0) is 17.0 Å². The van der Waals surface area contributed by atoms with Crippen molar-refractivity contribution in [1.29, 1.82) is 0 Å². The number of nitrogens with two attached hydrogens (primary N) is 1. The van der Waals surface area contributed by atoms with Crippen molar-refractivity contribution in [1.82, 2.24) is 10.1 Å². The van der Waals surface area contributed by atoms with Crippen LogP contribution in [-0.4, -0.2) is 21.3 Å². The van der Waals surface area contributed by atoms with Gasteiger partial charge in [0.15, 0.2) is 0 Å². The fraction of sp³-hybridized carbons (Fsp3) is 0.188. The Kier molecular flexibility index (Phi) is 5.70. The molecule has 0 saturated carbocycles. The van der Waals surface area contributed by atoms with Gasteiger partial charge in [-0.1, -0.05) is 35.5 Å². The normalized spacial score (nSPS) is 12.2. The Morgan fingerprint density at radius 2 is 2.08 bits per heavy atom. The van der Waals surface area contributed by atoms with E-state index in [9.17, 15) is 4.79 Å². The molecule has 1 amide bonds. The summed E-state index contributed by atoms with van der Waals surface area (Å²) in [6, 6.07) is 13.7. The zero-order valence-electron chi connectivity index (χ0n) is 12.5. The van der Waals surface area contributed by atoms with Crippen molar-refractivity contribution in [2.75, 3.05) is 0 Å². The number of thiophene rings is 1. The molecular formula is C16H14BrN3O2S2. The fourth-order valence-corrected chi connectivity index (χ4v) is 4.34. The van der Waals surface area contributed by atoms with Crippen LogP contribution in [0.3, 0.4) is 0 Å². The van der Waals surface area contributed by atoms with Crippen LogP contribution in [0.4, 0.5) is 0 Å². The predicted molar refractivity (Wildman–Crippen MR) is 99.7 cm³/mol. The highest BCUT2D eigenvalue weighted by Gasteiger charge is 2.19. The van der Waals surface area contributed by atoms with E-state index in [2.05, 4.69) is 26.1 Å². The standard InChI is InChI=1S/C16H14BrN3O2S2/c17-13-7-6-11(24-13)16-19-14(22-20-16)9-23-12(15(18)21)8-10-4-2-1-3-5-10/h1-7,12H,8-9H2,(H2,18,21). The maximum atomic E-state index is 11.7. The predicted octanol–water partition coefficient (Wildman–Crippen LogP) is 3.89. The highest BCUT2D eigenvalue weighted by molar-refractivity contribution is 9.11. The molecule has 2 heterocycles. The Morgan fingerprint density at radius 1 is 1.29 bits per heavy atom. The number of benzene rings is 1. The molecule has 124 valence electrons. The van der Waals surface area contributed by atoms with Gasteiger partial charge in [-0.2, -0.15) is 4.98 Å². The van der Waals surface area contributed by atoms with Crippen LogP contribution in [0.25, 0.3) is 10.7 Å². The smallest absolute Gasteiger partial charge is 0.237 e. The van der Waals surface area contributed by atoms with E-state index in [0.717, 1.165) is 14.2 Å². The highest BCUT2D eigenvalue weighted by atomic mass is 79.9. The second-order valence-electron chi connectivity index (χ2n) is 5.01. The van der Waals surface area contributed by atoms with Gasteiger partial charge in [-0.15, -0.1) is 23.1 Å². The molecule has 2 N–H and O–H groups in total. The molecule has 0 radical (unpaired) electrons.